The zero-order chi connectivity index (χ0) is 17.1. The Labute approximate surface area is 141 Å². The van der Waals surface area contributed by atoms with Crippen molar-refractivity contribution in [3.05, 3.63) is 60.0 Å². The van der Waals surface area contributed by atoms with Crippen LogP contribution in [0.15, 0.2) is 53.1 Å². The summed E-state index contributed by atoms with van der Waals surface area (Å²) in [6.07, 6.45) is 1.78. The second-order valence-electron chi connectivity index (χ2n) is 6.19. The summed E-state index contributed by atoms with van der Waals surface area (Å²) in [5, 5.41) is 3.84. The quantitative estimate of drug-likeness (QED) is 0.779. The summed E-state index contributed by atoms with van der Waals surface area (Å²) in [7, 11) is 4.01. The number of furan rings is 1. The van der Waals surface area contributed by atoms with Crippen molar-refractivity contribution in [1.82, 2.24) is 9.88 Å². The molecule has 24 heavy (non-hydrogen) atoms. The minimum Gasteiger partial charge on any atom is -0.460 e. The minimum absolute atomic E-state index is 0.137. The number of pyridine rings is 1. The average molecular weight is 323 g/mol. The van der Waals surface area contributed by atoms with E-state index in [1.165, 1.54) is 0 Å². The van der Waals surface area contributed by atoms with Gasteiger partial charge in [-0.15, -0.1) is 0 Å². The smallest absolute Gasteiger partial charge is 0.235 e. The number of amides is 1. The maximum atomic E-state index is 12.4. The number of carbonyl (C=O) groups excluding carboxylic acids is 1. The highest BCUT2D eigenvalue weighted by molar-refractivity contribution is 5.95. The lowest BCUT2D eigenvalue weighted by atomic mass is 10.1. The lowest BCUT2D eigenvalue weighted by Crippen LogP contribution is -2.19. The monoisotopic (exact) mass is 323 g/mol. The fourth-order valence-corrected chi connectivity index (χ4v) is 2.54. The highest BCUT2D eigenvalue weighted by Crippen LogP contribution is 2.25. The molecule has 1 amide bonds. The fraction of sp³-hybridized carbons (Fsp3) is 0.263. The summed E-state index contributed by atoms with van der Waals surface area (Å²) in [5.41, 5.74) is 1.89. The van der Waals surface area contributed by atoms with Crippen LogP contribution < -0.4 is 5.32 Å². The van der Waals surface area contributed by atoms with Gasteiger partial charge in [-0.3, -0.25) is 4.79 Å². The first kappa shape index (κ1) is 16.2. The van der Waals surface area contributed by atoms with E-state index in [0.29, 0.717) is 11.6 Å². The van der Waals surface area contributed by atoms with Gasteiger partial charge < -0.3 is 14.6 Å². The summed E-state index contributed by atoms with van der Waals surface area (Å²) < 4.78 is 5.76. The molecule has 2 aromatic heterocycles. The van der Waals surface area contributed by atoms with Gasteiger partial charge in [0.05, 0.1) is 5.92 Å². The highest BCUT2D eigenvalue weighted by Gasteiger charge is 2.20. The van der Waals surface area contributed by atoms with Gasteiger partial charge in [0.15, 0.2) is 0 Å². The molecule has 0 aliphatic heterocycles. The van der Waals surface area contributed by atoms with Gasteiger partial charge in [-0.25, -0.2) is 4.98 Å². The number of fused-ring (bicyclic) bond motifs is 1. The Morgan fingerprint density at radius 2 is 2.04 bits per heavy atom. The van der Waals surface area contributed by atoms with Crippen molar-refractivity contribution < 1.29 is 9.21 Å². The summed E-state index contributed by atoms with van der Waals surface area (Å²) in [6, 6.07) is 13.4. The Morgan fingerprint density at radius 3 is 2.71 bits per heavy atom. The zero-order valence-corrected chi connectivity index (χ0v) is 14.1. The number of hydrogen-bond acceptors (Lipinski definition) is 4. The Balaban J connectivity index is 1.69. The van der Waals surface area contributed by atoms with E-state index in [9.17, 15) is 4.79 Å². The van der Waals surface area contributed by atoms with Crippen LogP contribution in [-0.2, 0) is 11.3 Å². The first-order chi connectivity index (χ1) is 11.5. The second kappa shape index (κ2) is 6.84. The number of nitrogens with zero attached hydrogens (tertiary/aromatic N) is 2. The van der Waals surface area contributed by atoms with Crippen LogP contribution >= 0.6 is 0 Å². The Hall–Kier alpha value is -2.66. The van der Waals surface area contributed by atoms with E-state index >= 15 is 0 Å². The molecule has 0 bridgehead atoms. The maximum Gasteiger partial charge on any atom is 0.235 e. The van der Waals surface area contributed by atoms with Crippen LogP contribution in [0.4, 0.5) is 5.82 Å². The molecule has 0 radical (unpaired) electrons. The second-order valence-corrected chi connectivity index (χ2v) is 6.19. The molecule has 5 nitrogen and oxygen atoms in total. The third kappa shape index (κ3) is 3.63. The summed E-state index contributed by atoms with van der Waals surface area (Å²) >= 11 is 0. The molecule has 1 aromatic carbocycles. The predicted octanol–water partition coefficient (Wildman–Crippen LogP) is 3.63. The molecule has 3 rings (SSSR count). The summed E-state index contributed by atoms with van der Waals surface area (Å²) in [4.78, 5) is 18.8. The van der Waals surface area contributed by atoms with E-state index in [4.69, 9.17) is 4.42 Å². The van der Waals surface area contributed by atoms with Gasteiger partial charge in [-0.1, -0.05) is 24.3 Å². The third-order valence-corrected chi connectivity index (χ3v) is 3.84. The third-order valence-electron chi connectivity index (χ3n) is 3.84. The molecule has 1 N–H and O–H groups in total. The highest BCUT2D eigenvalue weighted by atomic mass is 16.3. The van der Waals surface area contributed by atoms with Gasteiger partial charge >= 0.3 is 0 Å². The number of nitrogens with one attached hydrogen (secondary N) is 1. The molecule has 0 aliphatic carbocycles. The molecule has 1 atom stereocenters. The van der Waals surface area contributed by atoms with Gasteiger partial charge in [0, 0.05) is 18.1 Å². The molecule has 3 aromatic rings. The van der Waals surface area contributed by atoms with Crippen molar-refractivity contribution in [2.75, 3.05) is 19.4 Å². The van der Waals surface area contributed by atoms with Crippen molar-refractivity contribution in [2.24, 2.45) is 0 Å². The normalized spacial score (nSPS) is 12.5. The van der Waals surface area contributed by atoms with Crippen LogP contribution in [0, 0.1) is 0 Å². The van der Waals surface area contributed by atoms with E-state index in [1.807, 2.05) is 63.5 Å². The summed E-state index contributed by atoms with van der Waals surface area (Å²) in [5.74, 6) is 0.672. The van der Waals surface area contributed by atoms with Crippen molar-refractivity contribution in [2.45, 2.75) is 19.4 Å². The largest absolute Gasteiger partial charge is 0.460 e. The van der Waals surface area contributed by atoms with E-state index in [1.54, 1.807) is 6.20 Å². The molecule has 1 unspecified atom stereocenters. The van der Waals surface area contributed by atoms with Crippen LogP contribution in [0.1, 0.15) is 24.2 Å². The Kier molecular flexibility index (Phi) is 4.62. The standard InChI is InChI=1S/C19H21N3O2/c1-13(17-10-15-6-4-5-7-16(15)24-17)19(23)21-18-9-8-14(11-20-18)12-22(2)3/h4-11,13H,12H2,1-3H3,(H,20,21,23). The van der Waals surface area contributed by atoms with E-state index < -0.39 is 0 Å². The molecule has 2 heterocycles. The molecule has 0 saturated carbocycles. The van der Waals surface area contributed by atoms with Crippen LogP contribution in [0.2, 0.25) is 0 Å². The van der Waals surface area contributed by atoms with E-state index in [2.05, 4.69) is 15.2 Å². The molecular weight excluding hydrogens is 302 g/mol. The molecular formula is C19H21N3O2. The lowest BCUT2D eigenvalue weighted by Gasteiger charge is -2.11. The first-order valence-corrected chi connectivity index (χ1v) is 7.92. The predicted molar refractivity (Wildman–Crippen MR) is 94.9 cm³/mol. The SMILES string of the molecule is CC(C(=O)Nc1ccc(CN(C)C)cn1)c1cc2ccccc2o1. The molecule has 124 valence electrons. The summed E-state index contributed by atoms with van der Waals surface area (Å²) in [6.45, 7) is 2.64. The van der Waals surface area contributed by atoms with Gasteiger partial charge in [0.25, 0.3) is 0 Å². The van der Waals surface area contributed by atoms with Crippen LogP contribution in [0.5, 0.6) is 0 Å². The topological polar surface area (TPSA) is 58.4 Å². The van der Waals surface area contributed by atoms with Crippen LogP contribution in [0.25, 0.3) is 11.0 Å². The number of hydrogen-bond donors (Lipinski definition) is 1. The van der Waals surface area contributed by atoms with Crippen LogP contribution in [0.3, 0.4) is 0 Å². The maximum absolute atomic E-state index is 12.4. The number of para-hydroxylation sites is 1. The van der Waals surface area contributed by atoms with Gasteiger partial charge in [0.1, 0.15) is 17.2 Å². The van der Waals surface area contributed by atoms with Gasteiger partial charge in [-0.05, 0) is 44.8 Å². The molecule has 0 aliphatic rings. The van der Waals surface area contributed by atoms with E-state index in [-0.39, 0.29) is 11.8 Å². The lowest BCUT2D eigenvalue weighted by molar-refractivity contribution is -0.117. The van der Waals surface area contributed by atoms with Crippen molar-refractivity contribution in [3.8, 4) is 0 Å². The van der Waals surface area contributed by atoms with E-state index in [0.717, 1.165) is 23.1 Å². The fourth-order valence-electron chi connectivity index (χ4n) is 2.54. The number of anilines is 1. The first-order valence-electron chi connectivity index (χ1n) is 7.92. The number of carbonyl (C=O) groups is 1. The van der Waals surface area contributed by atoms with Crippen molar-refractivity contribution in [1.29, 1.82) is 0 Å². The number of aromatic nitrogens is 1. The molecule has 0 fully saturated rings. The Bertz CT molecular complexity index is 804. The molecule has 0 spiro atoms. The van der Waals surface area contributed by atoms with Crippen molar-refractivity contribution >= 4 is 22.7 Å². The molecule has 0 saturated heterocycles. The average Bonchev–Trinajstić information content (AvgIpc) is 2.99. The van der Waals surface area contributed by atoms with Crippen molar-refractivity contribution in [3.63, 3.8) is 0 Å². The van der Waals surface area contributed by atoms with Crippen LogP contribution in [-0.4, -0.2) is 29.9 Å². The Morgan fingerprint density at radius 1 is 1.25 bits per heavy atom. The number of benzene rings is 1. The number of rotatable bonds is 5. The molecule has 5 heteroatoms. The van der Waals surface area contributed by atoms with Gasteiger partial charge in [0.2, 0.25) is 5.91 Å². The minimum atomic E-state index is -0.388. The zero-order valence-electron chi connectivity index (χ0n) is 14.1. The van der Waals surface area contributed by atoms with Gasteiger partial charge in [-0.2, -0.15) is 0 Å².